The summed E-state index contributed by atoms with van der Waals surface area (Å²) in [5.74, 6) is 1.85. The molecule has 3 heteroatoms. The molecule has 0 aliphatic carbocycles. The summed E-state index contributed by atoms with van der Waals surface area (Å²) in [6, 6.07) is 1.77. The van der Waals surface area contributed by atoms with Gasteiger partial charge in [0.25, 0.3) is 0 Å². The molecule has 0 amide bonds. The van der Waals surface area contributed by atoms with E-state index in [0.29, 0.717) is 18.4 Å². The van der Waals surface area contributed by atoms with Gasteiger partial charge in [-0.15, -0.1) is 0 Å². The lowest BCUT2D eigenvalue weighted by molar-refractivity contribution is 0.324. The lowest BCUT2D eigenvalue weighted by Gasteiger charge is -2.05. The van der Waals surface area contributed by atoms with Crippen LogP contribution in [0.2, 0.25) is 0 Å². The third-order valence-electron chi connectivity index (χ3n) is 1.46. The van der Waals surface area contributed by atoms with Gasteiger partial charge in [0.1, 0.15) is 5.82 Å². The third kappa shape index (κ3) is 2.19. The summed E-state index contributed by atoms with van der Waals surface area (Å²) in [4.78, 5) is 8.36. The van der Waals surface area contributed by atoms with E-state index in [4.69, 9.17) is 4.74 Å². The fraction of sp³-hybridized carbons (Fsp3) is 0.556. The fourth-order valence-electron chi connectivity index (χ4n) is 0.863. The number of hydrogen-bond donors (Lipinski definition) is 0. The van der Waals surface area contributed by atoms with E-state index in [1.807, 2.05) is 6.92 Å². The Bertz CT molecular complexity index is 248. The van der Waals surface area contributed by atoms with Gasteiger partial charge in [0, 0.05) is 18.2 Å². The number of rotatable bonds is 3. The standard InChI is InChI=1S/C9H14N2O/c1-4-12-8-5-6-10-9(11-8)7(2)3/h5-7H,4H2,1-3H3. The molecule has 1 rings (SSSR count). The Balaban J connectivity index is 2.81. The Kier molecular flexibility index (Phi) is 3.02. The van der Waals surface area contributed by atoms with Crippen molar-refractivity contribution in [1.29, 1.82) is 0 Å². The normalized spacial score (nSPS) is 10.3. The van der Waals surface area contributed by atoms with Gasteiger partial charge in [-0.25, -0.2) is 4.98 Å². The van der Waals surface area contributed by atoms with Crippen molar-refractivity contribution in [3.63, 3.8) is 0 Å². The first-order valence-electron chi connectivity index (χ1n) is 4.19. The van der Waals surface area contributed by atoms with E-state index in [2.05, 4.69) is 23.8 Å². The van der Waals surface area contributed by atoms with Gasteiger partial charge in [-0.3, -0.25) is 0 Å². The quantitative estimate of drug-likeness (QED) is 0.688. The van der Waals surface area contributed by atoms with Gasteiger partial charge in [0.05, 0.1) is 6.61 Å². The minimum absolute atomic E-state index is 0.352. The van der Waals surface area contributed by atoms with E-state index < -0.39 is 0 Å². The van der Waals surface area contributed by atoms with Crippen molar-refractivity contribution in [2.24, 2.45) is 0 Å². The van der Waals surface area contributed by atoms with Gasteiger partial charge < -0.3 is 4.74 Å². The first-order valence-corrected chi connectivity index (χ1v) is 4.19. The first-order chi connectivity index (χ1) is 5.74. The monoisotopic (exact) mass is 166 g/mol. The van der Waals surface area contributed by atoms with Gasteiger partial charge in [-0.05, 0) is 6.92 Å². The maximum absolute atomic E-state index is 5.25. The molecular formula is C9H14N2O. The topological polar surface area (TPSA) is 35.0 Å². The van der Waals surface area contributed by atoms with Crippen LogP contribution in [0.1, 0.15) is 32.5 Å². The molecule has 0 saturated heterocycles. The van der Waals surface area contributed by atoms with Gasteiger partial charge in [0.2, 0.25) is 5.88 Å². The minimum Gasteiger partial charge on any atom is -0.478 e. The van der Waals surface area contributed by atoms with Crippen LogP contribution in [0.4, 0.5) is 0 Å². The van der Waals surface area contributed by atoms with E-state index >= 15 is 0 Å². The SMILES string of the molecule is CCOc1ccnc(C(C)C)n1. The molecule has 0 N–H and O–H groups in total. The van der Waals surface area contributed by atoms with E-state index in [-0.39, 0.29) is 0 Å². The van der Waals surface area contributed by atoms with Crippen molar-refractivity contribution in [2.75, 3.05) is 6.61 Å². The number of aromatic nitrogens is 2. The Hall–Kier alpha value is -1.12. The smallest absolute Gasteiger partial charge is 0.216 e. The van der Waals surface area contributed by atoms with Crippen LogP contribution in [-0.4, -0.2) is 16.6 Å². The molecule has 66 valence electrons. The molecule has 1 aromatic heterocycles. The van der Waals surface area contributed by atoms with Crippen molar-refractivity contribution < 1.29 is 4.74 Å². The van der Waals surface area contributed by atoms with E-state index in [0.717, 1.165) is 5.82 Å². The summed E-state index contributed by atoms with van der Waals surface area (Å²) >= 11 is 0. The molecule has 0 fully saturated rings. The van der Waals surface area contributed by atoms with E-state index in [1.165, 1.54) is 0 Å². The molecule has 0 saturated carbocycles. The Labute approximate surface area is 72.8 Å². The summed E-state index contributed by atoms with van der Waals surface area (Å²) < 4.78 is 5.25. The zero-order chi connectivity index (χ0) is 8.97. The van der Waals surface area contributed by atoms with Crippen molar-refractivity contribution in [1.82, 2.24) is 9.97 Å². The molecule has 12 heavy (non-hydrogen) atoms. The predicted molar refractivity (Wildman–Crippen MR) is 47.3 cm³/mol. The highest BCUT2D eigenvalue weighted by Gasteiger charge is 2.02. The van der Waals surface area contributed by atoms with Crippen molar-refractivity contribution in [3.05, 3.63) is 18.1 Å². The summed E-state index contributed by atoms with van der Waals surface area (Å²) in [5.41, 5.74) is 0. The zero-order valence-corrected chi connectivity index (χ0v) is 7.74. The fourth-order valence-corrected chi connectivity index (χ4v) is 0.863. The maximum Gasteiger partial charge on any atom is 0.216 e. The first kappa shape index (κ1) is 8.97. The van der Waals surface area contributed by atoms with Crippen LogP contribution in [0.25, 0.3) is 0 Å². The second-order valence-corrected chi connectivity index (χ2v) is 2.84. The summed E-state index contributed by atoms with van der Waals surface area (Å²) in [6.45, 7) is 6.71. The highest BCUT2D eigenvalue weighted by atomic mass is 16.5. The molecule has 0 aliphatic rings. The number of ether oxygens (including phenoxy) is 1. The van der Waals surface area contributed by atoms with E-state index in [1.54, 1.807) is 12.3 Å². The van der Waals surface area contributed by atoms with Crippen LogP contribution in [0, 0.1) is 0 Å². The molecule has 0 aromatic carbocycles. The molecule has 1 aromatic rings. The van der Waals surface area contributed by atoms with Crippen LogP contribution >= 0.6 is 0 Å². The summed E-state index contributed by atoms with van der Waals surface area (Å²) in [6.07, 6.45) is 1.73. The molecule has 0 aliphatic heterocycles. The second kappa shape index (κ2) is 4.04. The van der Waals surface area contributed by atoms with Crippen molar-refractivity contribution >= 4 is 0 Å². The van der Waals surface area contributed by atoms with Gasteiger partial charge in [0.15, 0.2) is 0 Å². The third-order valence-corrected chi connectivity index (χ3v) is 1.46. The average Bonchev–Trinajstić information content (AvgIpc) is 2.05. The Morgan fingerprint density at radius 1 is 1.50 bits per heavy atom. The van der Waals surface area contributed by atoms with E-state index in [9.17, 15) is 0 Å². The lowest BCUT2D eigenvalue weighted by Crippen LogP contribution is -2.00. The Morgan fingerprint density at radius 3 is 2.83 bits per heavy atom. The Morgan fingerprint density at radius 2 is 2.25 bits per heavy atom. The summed E-state index contributed by atoms with van der Waals surface area (Å²) in [5, 5.41) is 0. The number of hydrogen-bond acceptors (Lipinski definition) is 3. The van der Waals surface area contributed by atoms with Crippen LogP contribution in [-0.2, 0) is 0 Å². The largest absolute Gasteiger partial charge is 0.478 e. The predicted octanol–water partition coefficient (Wildman–Crippen LogP) is 2.00. The summed E-state index contributed by atoms with van der Waals surface area (Å²) in [7, 11) is 0. The maximum atomic E-state index is 5.25. The van der Waals surface area contributed by atoms with Crippen LogP contribution < -0.4 is 4.74 Å². The van der Waals surface area contributed by atoms with Crippen molar-refractivity contribution in [3.8, 4) is 5.88 Å². The molecule has 0 radical (unpaired) electrons. The molecule has 0 spiro atoms. The van der Waals surface area contributed by atoms with Crippen LogP contribution in [0.15, 0.2) is 12.3 Å². The van der Waals surface area contributed by atoms with Crippen LogP contribution in [0.3, 0.4) is 0 Å². The van der Waals surface area contributed by atoms with Crippen molar-refractivity contribution in [2.45, 2.75) is 26.7 Å². The molecule has 0 atom stereocenters. The average molecular weight is 166 g/mol. The second-order valence-electron chi connectivity index (χ2n) is 2.84. The zero-order valence-electron chi connectivity index (χ0n) is 7.74. The van der Waals surface area contributed by atoms with Crippen LogP contribution in [0.5, 0.6) is 5.88 Å². The van der Waals surface area contributed by atoms with Gasteiger partial charge >= 0.3 is 0 Å². The molecule has 3 nitrogen and oxygen atoms in total. The lowest BCUT2D eigenvalue weighted by atomic mass is 10.2. The minimum atomic E-state index is 0.352. The number of nitrogens with zero attached hydrogens (tertiary/aromatic N) is 2. The molecule has 0 bridgehead atoms. The highest BCUT2D eigenvalue weighted by Crippen LogP contribution is 2.11. The molecule has 0 unspecified atom stereocenters. The molecular weight excluding hydrogens is 152 g/mol. The highest BCUT2D eigenvalue weighted by molar-refractivity contribution is 5.09. The van der Waals surface area contributed by atoms with Gasteiger partial charge in [-0.2, -0.15) is 4.98 Å². The van der Waals surface area contributed by atoms with Gasteiger partial charge in [-0.1, -0.05) is 13.8 Å². The molecule has 1 heterocycles.